The van der Waals surface area contributed by atoms with Crippen LogP contribution in [0.15, 0.2) is 53.4 Å². The maximum absolute atomic E-state index is 13.4. The van der Waals surface area contributed by atoms with Crippen molar-refractivity contribution >= 4 is 15.9 Å². The van der Waals surface area contributed by atoms with Gasteiger partial charge in [-0.05, 0) is 48.7 Å². The number of nitrogens with one attached hydrogen (secondary N) is 1. The molecule has 0 aliphatic carbocycles. The van der Waals surface area contributed by atoms with Crippen LogP contribution >= 0.6 is 0 Å². The van der Waals surface area contributed by atoms with Crippen LogP contribution < -0.4 is 5.32 Å². The second kappa shape index (κ2) is 10.7. The average molecular weight is 476 g/mol. The summed E-state index contributed by atoms with van der Waals surface area (Å²) in [5.74, 6) is -0.652. The van der Waals surface area contributed by atoms with Crippen molar-refractivity contribution in [3.63, 3.8) is 0 Å². The number of hydrogen-bond acceptors (Lipinski definition) is 5. The summed E-state index contributed by atoms with van der Waals surface area (Å²) in [5, 5.41) is 2.94. The van der Waals surface area contributed by atoms with Gasteiger partial charge in [0, 0.05) is 38.3 Å². The Morgan fingerprint density at radius 2 is 1.70 bits per heavy atom. The van der Waals surface area contributed by atoms with Crippen molar-refractivity contribution < 1.29 is 22.3 Å². The highest BCUT2D eigenvalue weighted by atomic mass is 32.2. The van der Waals surface area contributed by atoms with Gasteiger partial charge in [0.25, 0.3) is 5.91 Å². The molecule has 1 unspecified atom stereocenters. The summed E-state index contributed by atoms with van der Waals surface area (Å²) in [6.07, 6.45) is 2.74. The number of sulfonamides is 1. The van der Waals surface area contributed by atoms with Crippen LogP contribution in [0.2, 0.25) is 0 Å². The van der Waals surface area contributed by atoms with Crippen molar-refractivity contribution in [3.8, 4) is 0 Å². The van der Waals surface area contributed by atoms with E-state index in [2.05, 4.69) is 10.2 Å². The highest BCUT2D eigenvalue weighted by Crippen LogP contribution is 2.23. The van der Waals surface area contributed by atoms with E-state index in [1.54, 1.807) is 24.3 Å². The molecule has 9 heteroatoms. The third-order valence-electron chi connectivity index (χ3n) is 6.25. The average Bonchev–Trinajstić information content (AvgIpc) is 2.86. The highest BCUT2D eigenvalue weighted by molar-refractivity contribution is 7.89. The van der Waals surface area contributed by atoms with Gasteiger partial charge < -0.3 is 10.1 Å². The molecule has 2 aliphatic heterocycles. The molecule has 0 bridgehead atoms. The van der Waals surface area contributed by atoms with Gasteiger partial charge in [0.15, 0.2) is 0 Å². The number of rotatable bonds is 7. The number of nitrogens with zero attached hydrogens (tertiary/aromatic N) is 2. The fourth-order valence-electron chi connectivity index (χ4n) is 4.38. The summed E-state index contributed by atoms with van der Waals surface area (Å²) >= 11 is 0. The summed E-state index contributed by atoms with van der Waals surface area (Å²) in [6.45, 7) is 3.95. The fraction of sp³-hybridized carbons (Fsp3) is 0.458. The molecule has 2 aliphatic rings. The van der Waals surface area contributed by atoms with Gasteiger partial charge in [-0.25, -0.2) is 12.8 Å². The topological polar surface area (TPSA) is 79.0 Å². The van der Waals surface area contributed by atoms with Gasteiger partial charge >= 0.3 is 0 Å². The first-order valence-corrected chi connectivity index (χ1v) is 12.8. The number of carbonyl (C=O) groups excluding carboxylic acids is 1. The number of hydrogen-bond donors (Lipinski definition) is 1. The van der Waals surface area contributed by atoms with Crippen LogP contribution in [0, 0.1) is 5.82 Å². The van der Waals surface area contributed by atoms with Crippen molar-refractivity contribution in [2.45, 2.75) is 30.2 Å². The second-order valence-electron chi connectivity index (χ2n) is 8.42. The van der Waals surface area contributed by atoms with Crippen molar-refractivity contribution in [1.29, 1.82) is 0 Å². The number of amides is 1. The van der Waals surface area contributed by atoms with Crippen LogP contribution in [0.4, 0.5) is 4.39 Å². The minimum Gasteiger partial charge on any atom is -0.379 e. The molecule has 2 saturated heterocycles. The third kappa shape index (κ3) is 5.78. The first kappa shape index (κ1) is 23.8. The van der Waals surface area contributed by atoms with Crippen LogP contribution in [-0.4, -0.2) is 69.5 Å². The molecule has 2 fully saturated rings. The Kier molecular flexibility index (Phi) is 7.75. The second-order valence-corrected chi connectivity index (χ2v) is 10.4. The molecule has 2 aromatic rings. The molecular weight excluding hydrogens is 445 g/mol. The lowest BCUT2D eigenvalue weighted by Gasteiger charge is -2.35. The van der Waals surface area contributed by atoms with E-state index >= 15 is 0 Å². The Labute approximate surface area is 194 Å². The predicted molar refractivity (Wildman–Crippen MR) is 123 cm³/mol. The van der Waals surface area contributed by atoms with Crippen molar-refractivity contribution in [1.82, 2.24) is 14.5 Å². The summed E-state index contributed by atoms with van der Waals surface area (Å²) in [4.78, 5) is 15.3. The van der Waals surface area contributed by atoms with Crippen molar-refractivity contribution in [2.24, 2.45) is 0 Å². The highest BCUT2D eigenvalue weighted by Gasteiger charge is 2.27. The van der Waals surface area contributed by atoms with E-state index in [4.69, 9.17) is 4.74 Å². The molecule has 0 saturated carbocycles. The Bertz CT molecular complexity index is 1050. The minimum atomic E-state index is -3.62. The lowest BCUT2D eigenvalue weighted by atomic mass is 10.0. The first-order valence-electron chi connectivity index (χ1n) is 11.4. The maximum Gasteiger partial charge on any atom is 0.251 e. The smallest absolute Gasteiger partial charge is 0.251 e. The molecule has 7 nitrogen and oxygen atoms in total. The van der Waals surface area contributed by atoms with E-state index in [-0.39, 0.29) is 22.7 Å². The maximum atomic E-state index is 13.4. The molecule has 0 spiro atoms. The zero-order valence-electron chi connectivity index (χ0n) is 18.6. The molecule has 33 heavy (non-hydrogen) atoms. The molecule has 1 N–H and O–H groups in total. The zero-order valence-corrected chi connectivity index (χ0v) is 19.4. The normalized spacial score (nSPS) is 19.2. The van der Waals surface area contributed by atoms with Gasteiger partial charge in [0.2, 0.25) is 10.0 Å². The number of benzene rings is 2. The van der Waals surface area contributed by atoms with E-state index in [1.807, 2.05) is 0 Å². The van der Waals surface area contributed by atoms with E-state index in [1.165, 1.54) is 28.6 Å². The van der Waals surface area contributed by atoms with Crippen LogP contribution in [0.25, 0.3) is 0 Å². The Morgan fingerprint density at radius 3 is 2.39 bits per heavy atom. The first-order chi connectivity index (χ1) is 15.9. The van der Waals surface area contributed by atoms with E-state index < -0.39 is 10.0 Å². The molecule has 0 aromatic heterocycles. The van der Waals surface area contributed by atoms with Crippen LogP contribution in [0.5, 0.6) is 0 Å². The standard InChI is InChI=1S/C24H30FN3O4S/c25-21-9-7-19(8-10-21)23(27-13-15-32-16-14-27)18-26-24(29)20-5-4-6-22(17-20)33(30,31)28-11-2-1-3-12-28/h4-10,17,23H,1-3,11-16,18H2,(H,26,29). The number of morpholine rings is 1. The van der Waals surface area contributed by atoms with Gasteiger partial charge in [-0.1, -0.05) is 24.6 Å². The van der Waals surface area contributed by atoms with E-state index in [0.29, 0.717) is 51.5 Å². The number of halogens is 1. The Morgan fingerprint density at radius 1 is 1.00 bits per heavy atom. The summed E-state index contributed by atoms with van der Waals surface area (Å²) in [6, 6.07) is 12.4. The Balaban J connectivity index is 1.48. The molecule has 2 heterocycles. The van der Waals surface area contributed by atoms with Crippen molar-refractivity contribution in [3.05, 3.63) is 65.5 Å². The van der Waals surface area contributed by atoms with Crippen LogP contribution in [0.1, 0.15) is 41.2 Å². The quantitative estimate of drug-likeness (QED) is 0.666. The number of ether oxygens (including phenoxy) is 1. The SMILES string of the molecule is O=C(NCC(c1ccc(F)cc1)N1CCOCC1)c1cccc(S(=O)(=O)N2CCCCC2)c1. The van der Waals surface area contributed by atoms with Gasteiger partial charge in [-0.3, -0.25) is 9.69 Å². The fourth-order valence-corrected chi connectivity index (χ4v) is 5.94. The molecular formula is C24H30FN3O4S. The molecule has 2 aromatic carbocycles. The van der Waals surface area contributed by atoms with Gasteiger partial charge in [0.1, 0.15) is 5.82 Å². The lowest BCUT2D eigenvalue weighted by Crippen LogP contribution is -2.43. The molecule has 178 valence electrons. The summed E-state index contributed by atoms with van der Waals surface area (Å²) in [7, 11) is -3.62. The number of carbonyl (C=O) groups is 1. The van der Waals surface area contributed by atoms with Crippen molar-refractivity contribution in [2.75, 3.05) is 45.9 Å². The van der Waals surface area contributed by atoms with Gasteiger partial charge in [-0.2, -0.15) is 4.31 Å². The Hall–Kier alpha value is -2.33. The van der Waals surface area contributed by atoms with Gasteiger partial charge in [0.05, 0.1) is 24.2 Å². The van der Waals surface area contributed by atoms with Gasteiger partial charge in [-0.15, -0.1) is 0 Å². The van der Waals surface area contributed by atoms with Crippen LogP contribution in [-0.2, 0) is 14.8 Å². The predicted octanol–water partition coefficient (Wildman–Crippen LogP) is 2.80. The van der Waals surface area contributed by atoms with E-state index in [0.717, 1.165) is 24.8 Å². The molecule has 4 rings (SSSR count). The van der Waals surface area contributed by atoms with Crippen LogP contribution in [0.3, 0.4) is 0 Å². The molecule has 1 atom stereocenters. The largest absolute Gasteiger partial charge is 0.379 e. The lowest BCUT2D eigenvalue weighted by molar-refractivity contribution is 0.0162. The summed E-state index contributed by atoms with van der Waals surface area (Å²) < 4.78 is 46.4. The molecule has 1 amide bonds. The zero-order chi connectivity index (χ0) is 23.3. The minimum absolute atomic E-state index is 0.139. The molecule has 0 radical (unpaired) electrons. The van der Waals surface area contributed by atoms with E-state index in [9.17, 15) is 17.6 Å². The summed E-state index contributed by atoms with van der Waals surface area (Å²) in [5.41, 5.74) is 1.20. The monoisotopic (exact) mass is 475 g/mol. The third-order valence-corrected chi connectivity index (χ3v) is 8.14. The number of piperidine rings is 1.